The van der Waals surface area contributed by atoms with Gasteiger partial charge in [-0.2, -0.15) is 0 Å². The fourth-order valence-electron chi connectivity index (χ4n) is 3.54. The van der Waals surface area contributed by atoms with Crippen LogP contribution < -0.4 is 0 Å². The third kappa shape index (κ3) is 6.56. The van der Waals surface area contributed by atoms with Crippen LogP contribution in [0.3, 0.4) is 0 Å². The zero-order valence-corrected chi connectivity index (χ0v) is 16.9. The first-order chi connectivity index (χ1) is 12.9. The molecule has 0 aromatic rings. The number of aliphatic hydroxyl groups is 2. The van der Waals surface area contributed by atoms with Crippen molar-refractivity contribution in [3.05, 3.63) is 12.7 Å². The van der Waals surface area contributed by atoms with Gasteiger partial charge < -0.3 is 24.4 Å². The third-order valence-electron chi connectivity index (χ3n) is 5.92. The second kappa shape index (κ2) is 10.6. The van der Waals surface area contributed by atoms with Crippen LogP contribution in [-0.2, 0) is 19.0 Å². The molecule has 0 aromatic heterocycles. The van der Waals surface area contributed by atoms with Crippen molar-refractivity contribution in [2.24, 2.45) is 17.8 Å². The lowest BCUT2D eigenvalue weighted by Crippen LogP contribution is -2.48. The summed E-state index contributed by atoms with van der Waals surface area (Å²) in [5.41, 5.74) is 0. The minimum Gasteiger partial charge on any atom is -0.465 e. The zero-order chi connectivity index (χ0) is 20.0. The maximum Gasteiger partial charge on any atom is 0.309 e. The van der Waals surface area contributed by atoms with Crippen LogP contribution in [0.5, 0.6) is 0 Å². The Balaban J connectivity index is 1.69. The van der Waals surface area contributed by atoms with Gasteiger partial charge in [-0.15, -0.1) is 6.58 Å². The van der Waals surface area contributed by atoms with Crippen LogP contribution in [0.1, 0.15) is 59.3 Å². The molecule has 6 nitrogen and oxygen atoms in total. The van der Waals surface area contributed by atoms with Crippen molar-refractivity contribution in [3.8, 4) is 0 Å². The van der Waals surface area contributed by atoms with E-state index in [9.17, 15) is 15.0 Å². The molecule has 7 atom stereocenters. The molecule has 0 unspecified atom stereocenters. The predicted octanol–water partition coefficient (Wildman–Crippen LogP) is 2.81. The van der Waals surface area contributed by atoms with E-state index in [-0.39, 0.29) is 30.5 Å². The second-order valence-corrected chi connectivity index (χ2v) is 7.98. The van der Waals surface area contributed by atoms with Crippen molar-refractivity contribution in [2.45, 2.75) is 90.0 Å². The lowest BCUT2D eigenvalue weighted by atomic mass is 10.0. The monoisotopic (exact) mass is 384 g/mol. The highest BCUT2D eigenvalue weighted by molar-refractivity contribution is 5.75. The zero-order valence-electron chi connectivity index (χ0n) is 16.9. The maximum absolute atomic E-state index is 12.1. The molecule has 2 fully saturated rings. The molecule has 1 heterocycles. The van der Waals surface area contributed by atoms with E-state index < -0.39 is 18.5 Å². The van der Waals surface area contributed by atoms with Gasteiger partial charge in [0.1, 0.15) is 6.10 Å². The molecule has 0 spiro atoms. The van der Waals surface area contributed by atoms with E-state index in [0.29, 0.717) is 24.9 Å². The number of hydrogen-bond donors (Lipinski definition) is 2. The van der Waals surface area contributed by atoms with Crippen molar-refractivity contribution < 1.29 is 29.2 Å². The lowest BCUT2D eigenvalue weighted by molar-refractivity contribution is -0.270. The summed E-state index contributed by atoms with van der Waals surface area (Å²) < 4.78 is 16.9. The standard InChI is InChI=1S/C21H36O6/c1-5-14(6-2)12-25-20(24)17-10-15(17)8-9-16(7-3)27-21-19(23)11-18(22)13(4)26-21/h7,13-19,21-23H,3,5-6,8-12H2,1-2,4H3/t13-,15-,16+,17-,18+,19+,21-/m0/s1. The van der Waals surface area contributed by atoms with Gasteiger partial charge >= 0.3 is 5.97 Å². The summed E-state index contributed by atoms with van der Waals surface area (Å²) in [5.74, 6) is 0.726. The van der Waals surface area contributed by atoms with Gasteiger partial charge in [0, 0.05) is 6.42 Å². The Hall–Kier alpha value is -0.950. The molecule has 156 valence electrons. The Kier molecular flexibility index (Phi) is 8.73. The minimum absolute atomic E-state index is 0.0107. The second-order valence-electron chi connectivity index (χ2n) is 7.98. The number of carbonyl (C=O) groups is 1. The van der Waals surface area contributed by atoms with Crippen LogP contribution >= 0.6 is 0 Å². The van der Waals surface area contributed by atoms with Gasteiger partial charge in [0.2, 0.25) is 0 Å². The summed E-state index contributed by atoms with van der Waals surface area (Å²) >= 11 is 0. The molecule has 1 aliphatic heterocycles. The number of carbonyl (C=O) groups excluding carboxylic acids is 1. The molecular formula is C21H36O6. The van der Waals surface area contributed by atoms with Gasteiger partial charge in [0.05, 0.1) is 30.8 Å². The summed E-state index contributed by atoms with van der Waals surface area (Å²) in [6.45, 7) is 10.3. The van der Waals surface area contributed by atoms with Crippen LogP contribution in [0, 0.1) is 17.8 Å². The van der Waals surface area contributed by atoms with Crippen molar-refractivity contribution in [3.63, 3.8) is 0 Å². The van der Waals surface area contributed by atoms with E-state index in [1.165, 1.54) is 0 Å². The van der Waals surface area contributed by atoms with Crippen molar-refractivity contribution in [1.29, 1.82) is 0 Å². The number of rotatable bonds is 11. The molecule has 1 saturated carbocycles. The number of esters is 1. The average molecular weight is 385 g/mol. The fourth-order valence-corrected chi connectivity index (χ4v) is 3.54. The van der Waals surface area contributed by atoms with E-state index >= 15 is 0 Å². The molecule has 2 N–H and O–H groups in total. The van der Waals surface area contributed by atoms with Gasteiger partial charge in [-0.1, -0.05) is 32.8 Å². The van der Waals surface area contributed by atoms with Gasteiger partial charge in [0.25, 0.3) is 0 Å². The first-order valence-electron chi connectivity index (χ1n) is 10.4. The molecule has 0 aromatic carbocycles. The van der Waals surface area contributed by atoms with Crippen molar-refractivity contribution in [1.82, 2.24) is 0 Å². The summed E-state index contributed by atoms with van der Waals surface area (Å²) in [7, 11) is 0. The highest BCUT2D eigenvalue weighted by atomic mass is 16.7. The Bertz CT molecular complexity index is 477. The average Bonchev–Trinajstić information content (AvgIpc) is 3.43. The summed E-state index contributed by atoms with van der Waals surface area (Å²) in [6.07, 6.45) is 3.52. The Morgan fingerprint density at radius 2 is 1.96 bits per heavy atom. The van der Waals surface area contributed by atoms with E-state index in [0.717, 1.165) is 25.7 Å². The summed E-state index contributed by atoms with van der Waals surface area (Å²) in [6, 6.07) is 0. The first kappa shape index (κ1) is 22.3. The summed E-state index contributed by atoms with van der Waals surface area (Å²) in [4.78, 5) is 12.1. The fraction of sp³-hybridized carbons (Fsp3) is 0.857. The largest absolute Gasteiger partial charge is 0.465 e. The van der Waals surface area contributed by atoms with E-state index in [2.05, 4.69) is 20.4 Å². The van der Waals surface area contributed by atoms with Gasteiger partial charge in [-0.05, 0) is 38.0 Å². The van der Waals surface area contributed by atoms with E-state index in [1.54, 1.807) is 13.0 Å². The minimum atomic E-state index is -0.854. The molecule has 1 saturated heterocycles. The van der Waals surface area contributed by atoms with Crippen LogP contribution in [-0.4, -0.2) is 53.5 Å². The molecular weight excluding hydrogens is 348 g/mol. The van der Waals surface area contributed by atoms with Crippen molar-refractivity contribution >= 4 is 5.97 Å². The van der Waals surface area contributed by atoms with Crippen molar-refractivity contribution in [2.75, 3.05) is 6.61 Å². The number of hydrogen-bond acceptors (Lipinski definition) is 6. The quantitative estimate of drug-likeness (QED) is 0.421. The lowest BCUT2D eigenvalue weighted by Gasteiger charge is -2.36. The molecule has 1 aliphatic carbocycles. The Morgan fingerprint density at radius 1 is 1.26 bits per heavy atom. The molecule has 0 amide bonds. The maximum atomic E-state index is 12.1. The molecule has 2 aliphatic rings. The predicted molar refractivity (Wildman–Crippen MR) is 102 cm³/mol. The molecule has 2 rings (SSSR count). The Morgan fingerprint density at radius 3 is 2.59 bits per heavy atom. The van der Waals surface area contributed by atoms with Gasteiger partial charge in [-0.25, -0.2) is 0 Å². The van der Waals surface area contributed by atoms with Crippen LogP contribution in [0.2, 0.25) is 0 Å². The number of aliphatic hydroxyl groups excluding tert-OH is 2. The highest BCUT2D eigenvalue weighted by Gasteiger charge is 2.44. The van der Waals surface area contributed by atoms with Gasteiger partial charge in [0.15, 0.2) is 6.29 Å². The van der Waals surface area contributed by atoms with E-state index in [1.807, 2.05) is 0 Å². The third-order valence-corrected chi connectivity index (χ3v) is 5.92. The molecule has 0 radical (unpaired) electrons. The molecule has 27 heavy (non-hydrogen) atoms. The number of ether oxygens (including phenoxy) is 3. The van der Waals surface area contributed by atoms with E-state index in [4.69, 9.17) is 14.2 Å². The highest BCUT2D eigenvalue weighted by Crippen LogP contribution is 2.43. The molecule has 6 heteroatoms. The Labute approximate surface area is 162 Å². The van der Waals surface area contributed by atoms with Crippen LogP contribution in [0.4, 0.5) is 0 Å². The van der Waals surface area contributed by atoms with Crippen LogP contribution in [0.15, 0.2) is 12.7 Å². The van der Waals surface area contributed by atoms with Gasteiger partial charge in [-0.3, -0.25) is 4.79 Å². The normalized spacial score (nSPS) is 34.3. The molecule has 0 bridgehead atoms. The topological polar surface area (TPSA) is 85.2 Å². The summed E-state index contributed by atoms with van der Waals surface area (Å²) in [5, 5.41) is 19.8. The van der Waals surface area contributed by atoms with Crippen LogP contribution in [0.25, 0.3) is 0 Å². The first-order valence-corrected chi connectivity index (χ1v) is 10.4. The smallest absolute Gasteiger partial charge is 0.309 e. The SMILES string of the molecule is C=C[C@H](CC[C@H]1C[C@@H]1C(=O)OCC(CC)CC)O[C@@H]1O[C@@H](C)[C@H](O)C[C@H]1O.